The number of nitrogens with one attached hydrogen (secondary N) is 2. The van der Waals surface area contributed by atoms with Crippen molar-refractivity contribution in [2.24, 2.45) is 0 Å². The predicted octanol–water partition coefficient (Wildman–Crippen LogP) is 5.07. The summed E-state index contributed by atoms with van der Waals surface area (Å²) < 4.78 is 7.61. The van der Waals surface area contributed by atoms with Crippen LogP contribution in [0.5, 0.6) is 0 Å². The van der Waals surface area contributed by atoms with Crippen molar-refractivity contribution in [2.45, 2.75) is 78.4 Å². The summed E-state index contributed by atoms with van der Waals surface area (Å²) in [6.07, 6.45) is 5.67. The Labute approximate surface area is 227 Å². The molecule has 0 spiro atoms. The highest BCUT2D eigenvalue weighted by molar-refractivity contribution is 7.19. The number of morpholine rings is 1. The van der Waals surface area contributed by atoms with Gasteiger partial charge in [-0.15, -0.1) is 11.3 Å². The number of H-pyrrole nitrogens is 1. The summed E-state index contributed by atoms with van der Waals surface area (Å²) in [6.45, 7) is 16.2. The third-order valence-corrected chi connectivity index (χ3v) is 10.1. The van der Waals surface area contributed by atoms with Crippen LogP contribution < -0.4 is 5.32 Å². The summed E-state index contributed by atoms with van der Waals surface area (Å²) in [4.78, 5) is 26.2. The van der Waals surface area contributed by atoms with Crippen LogP contribution in [0.2, 0.25) is 0 Å². The Hall–Kier alpha value is -2.75. The first kappa shape index (κ1) is 25.5. The van der Waals surface area contributed by atoms with Gasteiger partial charge in [-0.3, -0.25) is 4.79 Å². The second-order valence-corrected chi connectivity index (χ2v) is 12.3. The zero-order valence-electron chi connectivity index (χ0n) is 23.2. The van der Waals surface area contributed by atoms with Gasteiger partial charge in [0.15, 0.2) is 5.65 Å². The van der Waals surface area contributed by atoms with Gasteiger partial charge in [0.2, 0.25) is 5.91 Å². The standard InChI is InChI=1S/C29H38N6O2S/c1-15(2)22-23-18(5)26(20-7-10-34(11-8-20)29(36)24-19(6)37-12-9-30-24)38-28(23)33-25(22)21-13-35-27(31-14-32-35)17(4)16(21)3/h13-15,19-20,24,30,33H,7-12H2,1-6H3/t19-,24?/m0/s1. The van der Waals surface area contributed by atoms with E-state index in [2.05, 4.69) is 61.2 Å². The van der Waals surface area contributed by atoms with Gasteiger partial charge < -0.3 is 19.9 Å². The fourth-order valence-corrected chi connectivity index (χ4v) is 7.85. The molecule has 6 rings (SSSR count). The first-order valence-electron chi connectivity index (χ1n) is 13.8. The number of likely N-dealkylation sites (tertiary alicyclic amines) is 1. The molecule has 0 aliphatic carbocycles. The second kappa shape index (κ2) is 9.77. The Morgan fingerprint density at radius 2 is 1.92 bits per heavy atom. The summed E-state index contributed by atoms with van der Waals surface area (Å²) in [6, 6.07) is -0.224. The highest BCUT2D eigenvalue weighted by Gasteiger charge is 2.35. The van der Waals surface area contributed by atoms with E-state index in [0.717, 1.165) is 43.7 Å². The van der Waals surface area contributed by atoms with Crippen molar-refractivity contribution >= 4 is 33.1 Å². The summed E-state index contributed by atoms with van der Waals surface area (Å²) in [5.74, 6) is 1.04. The van der Waals surface area contributed by atoms with Crippen LogP contribution >= 0.6 is 11.3 Å². The molecule has 1 amide bonds. The number of aryl methyl sites for hydroxylation is 2. The van der Waals surface area contributed by atoms with E-state index >= 15 is 0 Å². The number of nitrogens with zero attached hydrogens (tertiary/aromatic N) is 4. The van der Waals surface area contributed by atoms with E-state index in [1.165, 1.54) is 43.0 Å². The zero-order chi connectivity index (χ0) is 26.7. The third kappa shape index (κ3) is 4.06. The quantitative estimate of drug-likeness (QED) is 0.382. The largest absolute Gasteiger partial charge is 0.375 e. The van der Waals surface area contributed by atoms with E-state index in [-0.39, 0.29) is 18.1 Å². The van der Waals surface area contributed by atoms with Gasteiger partial charge in [-0.2, -0.15) is 5.10 Å². The first-order valence-corrected chi connectivity index (χ1v) is 14.7. The van der Waals surface area contributed by atoms with Crippen LogP contribution in [-0.4, -0.2) is 68.8 Å². The number of aromatic amines is 1. The molecule has 2 saturated heterocycles. The predicted molar refractivity (Wildman–Crippen MR) is 152 cm³/mol. The van der Waals surface area contributed by atoms with E-state index < -0.39 is 0 Å². The molecule has 9 heteroatoms. The van der Waals surface area contributed by atoms with E-state index in [1.54, 1.807) is 6.33 Å². The summed E-state index contributed by atoms with van der Waals surface area (Å²) >= 11 is 1.90. The SMILES string of the molecule is Cc1c(-c2[nH]c3sc(C4CCN(C(=O)C5NCCO[C@H]5C)CC4)c(C)c3c2C(C)C)cn2ncnc2c1C. The Morgan fingerprint density at radius 1 is 1.16 bits per heavy atom. The van der Waals surface area contributed by atoms with Crippen LogP contribution in [0, 0.1) is 20.8 Å². The number of amides is 1. The molecule has 4 aromatic heterocycles. The molecule has 0 saturated carbocycles. The minimum absolute atomic E-state index is 0.0734. The number of pyridine rings is 1. The number of rotatable bonds is 4. The van der Waals surface area contributed by atoms with E-state index in [4.69, 9.17) is 4.74 Å². The molecule has 2 N–H and O–H groups in total. The maximum atomic E-state index is 13.2. The highest BCUT2D eigenvalue weighted by Crippen LogP contribution is 2.46. The summed E-state index contributed by atoms with van der Waals surface area (Å²) in [7, 11) is 0. The Balaban J connectivity index is 1.30. The van der Waals surface area contributed by atoms with Crippen molar-refractivity contribution < 1.29 is 9.53 Å². The minimum atomic E-state index is -0.224. The first-order chi connectivity index (χ1) is 18.3. The number of ether oxygens (including phenoxy) is 1. The van der Waals surface area contributed by atoms with Gasteiger partial charge in [0.1, 0.15) is 17.2 Å². The average Bonchev–Trinajstić information content (AvgIpc) is 3.61. The molecule has 0 radical (unpaired) electrons. The molecule has 202 valence electrons. The van der Waals surface area contributed by atoms with Gasteiger partial charge >= 0.3 is 0 Å². The molecular formula is C29H38N6O2S. The monoisotopic (exact) mass is 534 g/mol. The third-order valence-electron chi connectivity index (χ3n) is 8.69. The molecule has 4 aromatic rings. The summed E-state index contributed by atoms with van der Waals surface area (Å²) in [5, 5.41) is 9.16. The van der Waals surface area contributed by atoms with Crippen molar-refractivity contribution in [3.05, 3.63) is 39.7 Å². The lowest BCUT2D eigenvalue weighted by Crippen LogP contribution is -2.57. The molecule has 2 aliphatic rings. The number of carbonyl (C=O) groups is 1. The maximum Gasteiger partial charge on any atom is 0.242 e. The van der Waals surface area contributed by atoms with Crippen LogP contribution in [0.3, 0.4) is 0 Å². The van der Waals surface area contributed by atoms with Gasteiger partial charge in [0.05, 0.1) is 18.4 Å². The number of piperidine rings is 1. The Morgan fingerprint density at radius 3 is 2.63 bits per heavy atom. The van der Waals surface area contributed by atoms with Crippen LogP contribution in [0.15, 0.2) is 12.5 Å². The zero-order valence-corrected chi connectivity index (χ0v) is 24.0. The van der Waals surface area contributed by atoms with Gasteiger partial charge in [-0.25, -0.2) is 9.50 Å². The number of hydrogen-bond donors (Lipinski definition) is 2. The molecule has 2 fully saturated rings. The fourth-order valence-electron chi connectivity index (χ4n) is 6.45. The smallest absolute Gasteiger partial charge is 0.242 e. The molecule has 6 heterocycles. The van der Waals surface area contributed by atoms with Crippen LogP contribution in [0.1, 0.15) is 72.6 Å². The van der Waals surface area contributed by atoms with Crippen molar-refractivity contribution in [3.63, 3.8) is 0 Å². The molecule has 2 aliphatic heterocycles. The van der Waals surface area contributed by atoms with E-state index in [0.29, 0.717) is 18.4 Å². The number of fused-ring (bicyclic) bond motifs is 2. The number of hydrogen-bond acceptors (Lipinski definition) is 6. The lowest BCUT2D eigenvalue weighted by molar-refractivity contribution is -0.140. The van der Waals surface area contributed by atoms with Crippen LogP contribution in [0.25, 0.3) is 27.1 Å². The van der Waals surface area contributed by atoms with Crippen molar-refractivity contribution in [2.75, 3.05) is 26.2 Å². The van der Waals surface area contributed by atoms with Gasteiger partial charge in [0.25, 0.3) is 0 Å². The van der Waals surface area contributed by atoms with Crippen molar-refractivity contribution in [1.82, 2.24) is 29.8 Å². The topological polar surface area (TPSA) is 87.5 Å². The Bertz CT molecular complexity index is 1510. The molecule has 1 unspecified atom stereocenters. The van der Waals surface area contributed by atoms with Gasteiger partial charge in [0, 0.05) is 41.7 Å². The van der Waals surface area contributed by atoms with E-state index in [1.807, 2.05) is 27.7 Å². The lowest BCUT2D eigenvalue weighted by Gasteiger charge is -2.37. The number of carbonyl (C=O) groups excluding carboxylic acids is 1. The number of thiophene rings is 1. The second-order valence-electron chi connectivity index (χ2n) is 11.3. The number of aromatic nitrogens is 4. The van der Waals surface area contributed by atoms with Crippen LogP contribution in [0.4, 0.5) is 0 Å². The van der Waals surface area contributed by atoms with Gasteiger partial charge in [-0.05, 0) is 74.6 Å². The molecule has 38 heavy (non-hydrogen) atoms. The normalized spacial score (nSPS) is 21.3. The molecule has 0 bridgehead atoms. The van der Waals surface area contributed by atoms with Crippen LogP contribution in [-0.2, 0) is 9.53 Å². The molecular weight excluding hydrogens is 496 g/mol. The highest BCUT2D eigenvalue weighted by atomic mass is 32.1. The maximum absolute atomic E-state index is 13.2. The Kier molecular flexibility index (Phi) is 6.56. The lowest BCUT2D eigenvalue weighted by atomic mass is 9.89. The van der Waals surface area contributed by atoms with Gasteiger partial charge in [-0.1, -0.05) is 13.8 Å². The van der Waals surface area contributed by atoms with Crippen molar-refractivity contribution in [3.8, 4) is 11.3 Å². The summed E-state index contributed by atoms with van der Waals surface area (Å²) in [5.41, 5.74) is 8.48. The molecule has 0 aromatic carbocycles. The minimum Gasteiger partial charge on any atom is -0.375 e. The molecule has 2 atom stereocenters. The van der Waals surface area contributed by atoms with E-state index in [9.17, 15) is 4.79 Å². The molecule has 8 nitrogen and oxygen atoms in total. The van der Waals surface area contributed by atoms with Crippen molar-refractivity contribution in [1.29, 1.82) is 0 Å². The fraction of sp³-hybridized carbons (Fsp3) is 0.552. The average molecular weight is 535 g/mol.